The molecule has 0 aliphatic heterocycles. The molecule has 31 heavy (non-hydrogen) atoms. The van der Waals surface area contributed by atoms with E-state index in [4.69, 9.17) is 9.47 Å². The second-order valence-corrected chi connectivity index (χ2v) is 7.72. The molecule has 6 nitrogen and oxygen atoms in total. The molecule has 0 atom stereocenters. The van der Waals surface area contributed by atoms with Gasteiger partial charge >= 0.3 is 0 Å². The number of aromatic nitrogens is 2. The first-order valence-electron chi connectivity index (χ1n) is 9.99. The number of aromatic amines is 1. The van der Waals surface area contributed by atoms with Gasteiger partial charge in [-0.2, -0.15) is 0 Å². The number of rotatable bonds is 8. The number of ether oxygens (including phenoxy) is 2. The third kappa shape index (κ3) is 5.06. The zero-order valence-corrected chi connectivity index (χ0v) is 18.6. The van der Waals surface area contributed by atoms with Gasteiger partial charge in [0, 0.05) is 16.6 Å². The van der Waals surface area contributed by atoms with Gasteiger partial charge in [-0.3, -0.25) is 4.79 Å². The highest BCUT2D eigenvalue weighted by atomic mass is 79.9. The molecule has 2 N–H and O–H groups in total. The first-order chi connectivity index (χ1) is 15.1. The van der Waals surface area contributed by atoms with Crippen LogP contribution >= 0.6 is 15.9 Å². The van der Waals surface area contributed by atoms with E-state index < -0.39 is 0 Å². The van der Waals surface area contributed by atoms with Gasteiger partial charge in [0.15, 0.2) is 18.1 Å². The van der Waals surface area contributed by atoms with Crippen molar-refractivity contribution in [1.82, 2.24) is 15.3 Å². The van der Waals surface area contributed by atoms with Gasteiger partial charge in [0.1, 0.15) is 5.82 Å². The monoisotopic (exact) mass is 479 g/mol. The number of halogens is 1. The van der Waals surface area contributed by atoms with Gasteiger partial charge in [-0.1, -0.05) is 42.5 Å². The van der Waals surface area contributed by atoms with Gasteiger partial charge in [0.25, 0.3) is 5.91 Å². The molecule has 3 aromatic carbocycles. The van der Waals surface area contributed by atoms with Crippen molar-refractivity contribution in [3.05, 3.63) is 76.8 Å². The van der Waals surface area contributed by atoms with Gasteiger partial charge in [0.2, 0.25) is 0 Å². The molecule has 0 spiro atoms. The third-order valence-corrected chi connectivity index (χ3v) is 5.33. The van der Waals surface area contributed by atoms with Gasteiger partial charge in [-0.05, 0) is 52.7 Å². The van der Waals surface area contributed by atoms with E-state index in [-0.39, 0.29) is 12.5 Å². The highest BCUT2D eigenvalue weighted by Gasteiger charge is 2.16. The molecule has 7 heteroatoms. The lowest BCUT2D eigenvalue weighted by atomic mass is 10.2. The van der Waals surface area contributed by atoms with Crippen molar-refractivity contribution in [2.45, 2.75) is 13.5 Å². The average Bonchev–Trinajstić information content (AvgIpc) is 3.22. The maximum Gasteiger partial charge on any atom is 0.258 e. The van der Waals surface area contributed by atoms with Crippen LogP contribution in [0.2, 0.25) is 0 Å². The number of amides is 1. The maximum atomic E-state index is 12.2. The van der Waals surface area contributed by atoms with Crippen LogP contribution in [0.25, 0.3) is 22.4 Å². The van der Waals surface area contributed by atoms with Crippen molar-refractivity contribution in [3.8, 4) is 22.9 Å². The molecule has 1 aromatic heterocycles. The summed E-state index contributed by atoms with van der Waals surface area (Å²) in [4.78, 5) is 20.2. The summed E-state index contributed by atoms with van der Waals surface area (Å²) in [6.45, 7) is 2.72. The van der Waals surface area contributed by atoms with Crippen LogP contribution in [0.4, 0.5) is 0 Å². The summed E-state index contributed by atoms with van der Waals surface area (Å²) < 4.78 is 12.3. The predicted octanol–water partition coefficient (Wildman–Crippen LogP) is 5.09. The number of carbonyl (C=O) groups excluding carboxylic acids is 1. The molecule has 0 radical (unpaired) electrons. The van der Waals surface area contributed by atoms with Crippen molar-refractivity contribution in [2.75, 3.05) is 13.2 Å². The van der Waals surface area contributed by atoms with Crippen LogP contribution in [0, 0.1) is 0 Å². The van der Waals surface area contributed by atoms with Gasteiger partial charge in [-0.25, -0.2) is 4.98 Å². The number of fused-ring (bicyclic) bond motifs is 1. The van der Waals surface area contributed by atoms with Crippen LogP contribution < -0.4 is 14.8 Å². The quantitative estimate of drug-likeness (QED) is 0.369. The molecule has 0 saturated heterocycles. The Morgan fingerprint density at radius 2 is 1.77 bits per heavy atom. The topological polar surface area (TPSA) is 76.2 Å². The van der Waals surface area contributed by atoms with E-state index in [1.54, 1.807) is 6.07 Å². The fraction of sp³-hybridized carbons (Fsp3) is 0.167. The van der Waals surface area contributed by atoms with E-state index in [0.29, 0.717) is 24.7 Å². The number of nitrogens with one attached hydrogen (secondary N) is 2. The number of para-hydroxylation sites is 2. The Balaban J connectivity index is 1.49. The van der Waals surface area contributed by atoms with Crippen molar-refractivity contribution in [3.63, 3.8) is 0 Å². The van der Waals surface area contributed by atoms with E-state index in [0.717, 1.165) is 32.5 Å². The van der Waals surface area contributed by atoms with Gasteiger partial charge < -0.3 is 19.8 Å². The van der Waals surface area contributed by atoms with Crippen LogP contribution in [0.3, 0.4) is 0 Å². The van der Waals surface area contributed by atoms with E-state index in [1.807, 2.05) is 67.6 Å². The number of imidazole rings is 1. The molecule has 4 aromatic rings. The summed E-state index contributed by atoms with van der Waals surface area (Å²) in [6.07, 6.45) is 0. The molecule has 4 rings (SSSR count). The second kappa shape index (κ2) is 9.66. The summed E-state index contributed by atoms with van der Waals surface area (Å²) in [5.74, 6) is 1.56. The molecule has 0 bridgehead atoms. The number of hydrogen-bond acceptors (Lipinski definition) is 4. The van der Waals surface area contributed by atoms with Crippen LogP contribution in [-0.4, -0.2) is 29.1 Å². The fourth-order valence-corrected chi connectivity index (χ4v) is 3.68. The van der Waals surface area contributed by atoms with Gasteiger partial charge in [-0.15, -0.1) is 0 Å². The number of benzene rings is 3. The first kappa shape index (κ1) is 20.9. The molecule has 0 fully saturated rings. The number of H-pyrrole nitrogens is 1. The number of nitrogens with zero attached hydrogens (tertiary/aromatic N) is 1. The Morgan fingerprint density at radius 1 is 1.03 bits per heavy atom. The molecule has 1 amide bonds. The minimum Gasteiger partial charge on any atom is -0.490 e. The SMILES string of the molecule is CCOc1cc(-c2nc3ccccc3[nH]2)c(Br)cc1OCC(=O)NCc1ccccc1. The molecular weight excluding hydrogens is 458 g/mol. The third-order valence-electron chi connectivity index (χ3n) is 4.67. The normalized spacial score (nSPS) is 10.8. The van der Waals surface area contributed by atoms with E-state index in [2.05, 4.69) is 31.2 Å². The first-order valence-corrected chi connectivity index (χ1v) is 10.8. The van der Waals surface area contributed by atoms with Crippen molar-refractivity contribution in [2.24, 2.45) is 0 Å². The maximum absolute atomic E-state index is 12.2. The summed E-state index contributed by atoms with van der Waals surface area (Å²) >= 11 is 3.60. The lowest BCUT2D eigenvalue weighted by molar-refractivity contribution is -0.123. The standard InChI is InChI=1S/C24H22BrN3O3/c1-2-30-21-12-17(24-27-19-10-6-7-11-20(19)28-24)18(25)13-22(21)31-15-23(29)26-14-16-8-4-3-5-9-16/h3-13H,2,14-15H2,1H3,(H,26,29)(H,27,28). The summed E-state index contributed by atoms with van der Waals surface area (Å²) in [7, 11) is 0. The molecule has 0 aliphatic carbocycles. The van der Waals surface area contributed by atoms with Crippen LogP contribution in [0.15, 0.2) is 71.2 Å². The Labute approximate surface area is 188 Å². The summed E-state index contributed by atoms with van der Waals surface area (Å²) in [6, 6.07) is 21.3. The fourth-order valence-electron chi connectivity index (χ4n) is 3.17. The number of carbonyl (C=O) groups is 1. The molecule has 0 saturated carbocycles. The largest absolute Gasteiger partial charge is 0.490 e. The molecular formula is C24H22BrN3O3. The van der Waals surface area contributed by atoms with E-state index >= 15 is 0 Å². The molecule has 0 aliphatic rings. The summed E-state index contributed by atoms with van der Waals surface area (Å²) in [5, 5.41) is 2.86. The van der Waals surface area contributed by atoms with Crippen LogP contribution in [0.5, 0.6) is 11.5 Å². The Bertz CT molecular complexity index is 1160. The Morgan fingerprint density at radius 3 is 2.55 bits per heavy atom. The minimum atomic E-state index is -0.205. The van der Waals surface area contributed by atoms with Crippen molar-refractivity contribution >= 4 is 32.9 Å². The molecule has 158 valence electrons. The van der Waals surface area contributed by atoms with Crippen LogP contribution in [-0.2, 0) is 11.3 Å². The van der Waals surface area contributed by atoms with Crippen molar-refractivity contribution in [1.29, 1.82) is 0 Å². The Hall–Kier alpha value is -3.32. The summed E-state index contributed by atoms with van der Waals surface area (Å²) in [5.41, 5.74) is 3.72. The molecule has 1 heterocycles. The highest BCUT2D eigenvalue weighted by molar-refractivity contribution is 9.10. The van der Waals surface area contributed by atoms with E-state index in [9.17, 15) is 4.79 Å². The van der Waals surface area contributed by atoms with E-state index in [1.165, 1.54) is 0 Å². The highest BCUT2D eigenvalue weighted by Crippen LogP contribution is 2.38. The Kier molecular flexibility index (Phi) is 6.52. The predicted molar refractivity (Wildman–Crippen MR) is 124 cm³/mol. The number of hydrogen-bond donors (Lipinski definition) is 2. The molecule has 0 unspecified atom stereocenters. The second-order valence-electron chi connectivity index (χ2n) is 6.87. The van der Waals surface area contributed by atoms with Gasteiger partial charge in [0.05, 0.1) is 17.6 Å². The lowest BCUT2D eigenvalue weighted by Crippen LogP contribution is -2.28. The average molecular weight is 480 g/mol. The zero-order valence-electron chi connectivity index (χ0n) is 17.0. The van der Waals surface area contributed by atoms with Crippen LogP contribution in [0.1, 0.15) is 12.5 Å². The van der Waals surface area contributed by atoms with Crippen molar-refractivity contribution < 1.29 is 14.3 Å². The lowest BCUT2D eigenvalue weighted by Gasteiger charge is -2.14. The minimum absolute atomic E-state index is 0.108. The smallest absolute Gasteiger partial charge is 0.258 e. The zero-order chi connectivity index (χ0) is 21.6.